The van der Waals surface area contributed by atoms with Crippen LogP contribution in [0.1, 0.15) is 44.4 Å². The SMILES string of the molecule is C=C(/C=C/C=C/C=C/C=C1/Nc2ccccc2C1(C)C)C(C)(C)c1ccccc1C. The lowest BCUT2D eigenvalue weighted by molar-refractivity contribution is 0.637. The van der Waals surface area contributed by atoms with Gasteiger partial charge in [0.2, 0.25) is 0 Å². The van der Waals surface area contributed by atoms with E-state index in [2.05, 4.69) is 138 Å². The molecule has 1 aliphatic rings. The molecular formula is C29H33N. The Bertz CT molecular complexity index is 1040. The fraction of sp³-hybridized carbons (Fsp3) is 0.241. The summed E-state index contributed by atoms with van der Waals surface area (Å²) in [6.07, 6.45) is 14.6. The van der Waals surface area contributed by atoms with Gasteiger partial charge in [0, 0.05) is 22.2 Å². The van der Waals surface area contributed by atoms with Gasteiger partial charge in [-0.1, -0.05) is 113 Å². The first-order valence-corrected chi connectivity index (χ1v) is 10.6. The van der Waals surface area contributed by atoms with Crippen LogP contribution in [0.15, 0.2) is 109 Å². The molecule has 0 fully saturated rings. The van der Waals surface area contributed by atoms with E-state index in [9.17, 15) is 0 Å². The zero-order chi connectivity index (χ0) is 21.8. The van der Waals surface area contributed by atoms with Crippen LogP contribution in [0.2, 0.25) is 0 Å². The van der Waals surface area contributed by atoms with Crippen LogP contribution in [0.3, 0.4) is 0 Å². The number of allylic oxidation sites excluding steroid dienone is 9. The van der Waals surface area contributed by atoms with Gasteiger partial charge in [-0.15, -0.1) is 0 Å². The third kappa shape index (κ3) is 4.41. The summed E-state index contributed by atoms with van der Waals surface area (Å²) in [4.78, 5) is 0. The molecular weight excluding hydrogens is 362 g/mol. The monoisotopic (exact) mass is 395 g/mol. The number of aryl methyl sites for hydroxylation is 1. The average Bonchev–Trinajstić information content (AvgIpc) is 2.97. The smallest absolute Gasteiger partial charge is 0.0424 e. The van der Waals surface area contributed by atoms with Crippen molar-refractivity contribution in [2.75, 3.05) is 5.32 Å². The van der Waals surface area contributed by atoms with E-state index in [-0.39, 0.29) is 10.8 Å². The molecule has 0 aromatic heterocycles. The zero-order valence-electron chi connectivity index (χ0n) is 18.9. The van der Waals surface area contributed by atoms with Crippen LogP contribution in [-0.2, 0) is 10.8 Å². The van der Waals surface area contributed by atoms with Crippen molar-refractivity contribution in [2.24, 2.45) is 0 Å². The van der Waals surface area contributed by atoms with E-state index in [1.807, 2.05) is 0 Å². The fourth-order valence-corrected chi connectivity index (χ4v) is 4.00. The first-order valence-electron chi connectivity index (χ1n) is 10.6. The lowest BCUT2D eigenvalue weighted by Crippen LogP contribution is -2.19. The van der Waals surface area contributed by atoms with Crippen LogP contribution >= 0.6 is 0 Å². The van der Waals surface area contributed by atoms with E-state index in [1.165, 1.54) is 28.1 Å². The van der Waals surface area contributed by atoms with Gasteiger partial charge in [0.15, 0.2) is 0 Å². The molecule has 1 heterocycles. The van der Waals surface area contributed by atoms with Crippen molar-refractivity contribution in [3.05, 3.63) is 126 Å². The predicted octanol–water partition coefficient (Wildman–Crippen LogP) is 7.78. The molecule has 2 aromatic rings. The van der Waals surface area contributed by atoms with Gasteiger partial charge >= 0.3 is 0 Å². The van der Waals surface area contributed by atoms with Crippen LogP contribution in [0, 0.1) is 6.92 Å². The number of fused-ring (bicyclic) bond motifs is 1. The maximum Gasteiger partial charge on any atom is 0.0424 e. The van der Waals surface area contributed by atoms with Crippen molar-refractivity contribution < 1.29 is 0 Å². The Labute approximate surface area is 182 Å². The van der Waals surface area contributed by atoms with Crippen LogP contribution in [0.5, 0.6) is 0 Å². The van der Waals surface area contributed by atoms with Gasteiger partial charge in [-0.3, -0.25) is 0 Å². The summed E-state index contributed by atoms with van der Waals surface area (Å²) in [5, 5.41) is 3.54. The molecule has 0 unspecified atom stereocenters. The Balaban J connectivity index is 1.61. The Hall–Kier alpha value is -3.06. The molecule has 0 saturated heterocycles. The standard InChI is InChI=1S/C29H33N/c1-22-16-12-13-18-24(22)28(3,4)23(2)17-10-8-7-9-11-21-27-29(5,6)25-19-14-15-20-26(25)30-27/h7-21,30H,2H2,1,3-6H3/b8-7+,11-9+,17-10+,27-21+. The lowest BCUT2D eigenvalue weighted by Gasteiger charge is -2.28. The van der Waals surface area contributed by atoms with Crippen LogP contribution < -0.4 is 5.32 Å². The quantitative estimate of drug-likeness (QED) is 0.492. The second kappa shape index (κ2) is 8.75. The third-order valence-electron chi connectivity index (χ3n) is 6.17. The van der Waals surface area contributed by atoms with Gasteiger partial charge in [-0.05, 0) is 41.3 Å². The first kappa shape index (κ1) is 21.6. The number of hydrogen-bond acceptors (Lipinski definition) is 1. The van der Waals surface area contributed by atoms with Gasteiger partial charge in [0.25, 0.3) is 0 Å². The number of nitrogens with one attached hydrogen (secondary N) is 1. The highest BCUT2D eigenvalue weighted by molar-refractivity contribution is 5.68. The molecule has 1 aliphatic heterocycles. The number of hydrogen-bond donors (Lipinski definition) is 1. The topological polar surface area (TPSA) is 12.0 Å². The largest absolute Gasteiger partial charge is 0.358 e. The molecule has 30 heavy (non-hydrogen) atoms. The van der Waals surface area contributed by atoms with Crippen LogP contribution in [0.4, 0.5) is 5.69 Å². The summed E-state index contributed by atoms with van der Waals surface area (Å²) in [7, 11) is 0. The summed E-state index contributed by atoms with van der Waals surface area (Å²) in [6, 6.07) is 17.0. The molecule has 0 saturated carbocycles. The Morgan fingerprint density at radius 2 is 1.53 bits per heavy atom. The highest BCUT2D eigenvalue weighted by Crippen LogP contribution is 2.42. The highest BCUT2D eigenvalue weighted by Gasteiger charge is 2.33. The van der Waals surface area contributed by atoms with E-state index in [0.717, 1.165) is 5.57 Å². The average molecular weight is 396 g/mol. The van der Waals surface area contributed by atoms with Gasteiger partial charge in [-0.25, -0.2) is 0 Å². The van der Waals surface area contributed by atoms with E-state index >= 15 is 0 Å². The summed E-state index contributed by atoms with van der Waals surface area (Å²) < 4.78 is 0. The number of anilines is 1. The van der Waals surface area contributed by atoms with Crippen molar-refractivity contribution in [3.63, 3.8) is 0 Å². The summed E-state index contributed by atoms with van der Waals surface area (Å²) in [6.45, 7) is 15.4. The zero-order valence-corrected chi connectivity index (χ0v) is 18.9. The molecule has 1 N–H and O–H groups in total. The molecule has 2 aromatic carbocycles. The van der Waals surface area contributed by atoms with Crippen molar-refractivity contribution in [2.45, 2.75) is 45.4 Å². The van der Waals surface area contributed by atoms with Crippen LogP contribution in [0.25, 0.3) is 0 Å². The second-order valence-corrected chi connectivity index (χ2v) is 8.97. The fourth-order valence-electron chi connectivity index (χ4n) is 4.00. The minimum atomic E-state index is -0.0926. The van der Waals surface area contributed by atoms with Crippen molar-refractivity contribution >= 4 is 5.69 Å². The second-order valence-electron chi connectivity index (χ2n) is 8.97. The molecule has 154 valence electrons. The molecule has 0 atom stereocenters. The maximum atomic E-state index is 4.31. The molecule has 0 amide bonds. The Morgan fingerprint density at radius 3 is 2.27 bits per heavy atom. The van der Waals surface area contributed by atoms with Crippen molar-refractivity contribution in [3.8, 4) is 0 Å². The molecule has 0 radical (unpaired) electrons. The first-order chi connectivity index (χ1) is 14.2. The molecule has 1 heteroatoms. The molecule has 1 nitrogen and oxygen atoms in total. The van der Waals surface area contributed by atoms with E-state index < -0.39 is 0 Å². The molecule has 3 rings (SSSR count). The van der Waals surface area contributed by atoms with E-state index in [1.54, 1.807) is 0 Å². The Morgan fingerprint density at radius 1 is 0.900 bits per heavy atom. The van der Waals surface area contributed by atoms with Gasteiger partial charge in [0.1, 0.15) is 0 Å². The Kier molecular flexibility index (Phi) is 6.31. The number of para-hydroxylation sites is 1. The molecule has 0 spiro atoms. The molecule has 0 bridgehead atoms. The lowest BCUT2D eigenvalue weighted by atomic mass is 9.76. The van der Waals surface area contributed by atoms with Gasteiger partial charge in [-0.2, -0.15) is 0 Å². The van der Waals surface area contributed by atoms with E-state index in [0.29, 0.717) is 0 Å². The highest BCUT2D eigenvalue weighted by atomic mass is 14.9. The van der Waals surface area contributed by atoms with Crippen molar-refractivity contribution in [1.29, 1.82) is 0 Å². The normalized spacial score (nSPS) is 17.2. The molecule has 0 aliphatic carbocycles. The van der Waals surface area contributed by atoms with Crippen molar-refractivity contribution in [1.82, 2.24) is 0 Å². The van der Waals surface area contributed by atoms with Crippen LogP contribution in [-0.4, -0.2) is 0 Å². The minimum absolute atomic E-state index is 0.00342. The predicted molar refractivity (Wildman–Crippen MR) is 132 cm³/mol. The van der Waals surface area contributed by atoms with E-state index in [4.69, 9.17) is 0 Å². The van der Waals surface area contributed by atoms with Gasteiger partial charge < -0.3 is 5.32 Å². The summed E-state index contributed by atoms with van der Waals surface area (Å²) >= 11 is 0. The van der Waals surface area contributed by atoms with Gasteiger partial charge in [0.05, 0.1) is 0 Å². The number of rotatable bonds is 6. The third-order valence-corrected chi connectivity index (χ3v) is 6.17. The summed E-state index contributed by atoms with van der Waals surface area (Å²) in [5.74, 6) is 0. The summed E-state index contributed by atoms with van der Waals surface area (Å²) in [5.41, 5.74) is 7.40. The minimum Gasteiger partial charge on any atom is -0.358 e. The maximum absolute atomic E-state index is 4.31. The number of benzene rings is 2.